The predicted molar refractivity (Wildman–Crippen MR) is 274 cm³/mol. The van der Waals surface area contributed by atoms with E-state index >= 15 is 0 Å². The number of aromatic nitrogens is 3. The zero-order chi connectivity index (χ0) is 42.8. The normalized spacial score (nSPS) is 11.7. The summed E-state index contributed by atoms with van der Waals surface area (Å²) in [6.07, 6.45) is 0. The van der Waals surface area contributed by atoms with Gasteiger partial charge < -0.3 is 4.57 Å². The van der Waals surface area contributed by atoms with Gasteiger partial charge in [0, 0.05) is 32.7 Å². The third-order valence-electron chi connectivity index (χ3n) is 13.1. The Morgan fingerprint density at radius 2 is 0.769 bits per heavy atom. The van der Waals surface area contributed by atoms with E-state index in [-0.39, 0.29) is 0 Å². The van der Waals surface area contributed by atoms with Gasteiger partial charge >= 0.3 is 0 Å². The van der Waals surface area contributed by atoms with Crippen LogP contribution in [0.2, 0.25) is 0 Å². The van der Waals surface area contributed by atoms with E-state index in [0.29, 0.717) is 5.82 Å². The minimum Gasteiger partial charge on any atom is -0.309 e. The first kappa shape index (κ1) is 36.9. The van der Waals surface area contributed by atoms with Gasteiger partial charge in [-0.05, 0) is 96.7 Å². The average molecular weight is 826 g/mol. The van der Waals surface area contributed by atoms with Crippen LogP contribution in [0.5, 0.6) is 0 Å². The number of hydrogen-bond acceptors (Lipinski definition) is 2. The molecule has 0 aliphatic rings. The average Bonchev–Trinajstić information content (AvgIpc) is 3.72. The van der Waals surface area contributed by atoms with Crippen molar-refractivity contribution in [2.24, 2.45) is 0 Å². The van der Waals surface area contributed by atoms with Crippen LogP contribution in [0.25, 0.3) is 127 Å². The highest BCUT2D eigenvalue weighted by Crippen LogP contribution is 2.47. The third-order valence-corrected chi connectivity index (χ3v) is 13.1. The van der Waals surface area contributed by atoms with Gasteiger partial charge in [-0.25, -0.2) is 9.97 Å². The molecule has 0 spiro atoms. The molecule has 2 aromatic heterocycles. The van der Waals surface area contributed by atoms with Gasteiger partial charge in [0.2, 0.25) is 0 Å². The van der Waals surface area contributed by atoms with Crippen LogP contribution in [0.3, 0.4) is 0 Å². The molecule has 0 aliphatic heterocycles. The molecule has 2 heterocycles. The highest BCUT2D eigenvalue weighted by atomic mass is 15.0. The molecule has 3 heteroatoms. The van der Waals surface area contributed by atoms with Crippen molar-refractivity contribution < 1.29 is 0 Å². The number of benzene rings is 11. The maximum absolute atomic E-state index is 5.25. The van der Waals surface area contributed by atoms with E-state index in [2.05, 4.69) is 223 Å². The van der Waals surface area contributed by atoms with Crippen molar-refractivity contribution in [2.45, 2.75) is 0 Å². The van der Waals surface area contributed by atoms with Crippen molar-refractivity contribution in [2.75, 3.05) is 0 Å². The lowest BCUT2D eigenvalue weighted by atomic mass is 9.92. The van der Waals surface area contributed by atoms with Crippen molar-refractivity contribution in [3.63, 3.8) is 0 Å². The van der Waals surface area contributed by atoms with E-state index in [1.807, 2.05) is 18.2 Å². The molecule has 13 rings (SSSR count). The molecule has 0 amide bonds. The van der Waals surface area contributed by atoms with Gasteiger partial charge in [-0.15, -0.1) is 0 Å². The van der Waals surface area contributed by atoms with E-state index in [4.69, 9.17) is 9.97 Å². The second kappa shape index (κ2) is 15.0. The zero-order valence-corrected chi connectivity index (χ0v) is 35.4. The second-order valence-electron chi connectivity index (χ2n) is 16.9. The summed E-state index contributed by atoms with van der Waals surface area (Å²) in [6, 6.07) is 85.5. The number of nitrogens with zero attached hydrogens (tertiary/aromatic N) is 3. The van der Waals surface area contributed by atoms with E-state index in [1.54, 1.807) is 0 Å². The van der Waals surface area contributed by atoms with Gasteiger partial charge in [-0.1, -0.05) is 200 Å². The van der Waals surface area contributed by atoms with Crippen LogP contribution in [0.15, 0.2) is 237 Å². The smallest absolute Gasteiger partial charge is 0.160 e. The molecule has 0 radical (unpaired) electrons. The molecule has 0 unspecified atom stereocenters. The Morgan fingerprint density at radius 1 is 0.292 bits per heavy atom. The quantitative estimate of drug-likeness (QED) is 0.167. The Bertz CT molecular complexity index is 3830. The monoisotopic (exact) mass is 825 g/mol. The third kappa shape index (κ3) is 6.05. The molecule has 3 nitrogen and oxygen atoms in total. The van der Waals surface area contributed by atoms with Gasteiger partial charge in [0.05, 0.1) is 27.9 Å². The lowest BCUT2D eigenvalue weighted by Gasteiger charge is -2.17. The SMILES string of the molecule is c1ccc(-c2nc(-c3ccccc3)c3cc(-c4cc(-n5c6cc(-c7ccccc7)c7ccccc7c6c6c7ccccc7c(-c7ccccc7)cc65)c5ccccc5c4)ccc3n2)cc1. The van der Waals surface area contributed by atoms with Gasteiger partial charge in [0.25, 0.3) is 0 Å². The maximum atomic E-state index is 5.25. The molecule has 0 aliphatic carbocycles. The molecule has 0 saturated carbocycles. The fourth-order valence-electron chi connectivity index (χ4n) is 10.2. The van der Waals surface area contributed by atoms with Crippen LogP contribution in [0.4, 0.5) is 0 Å². The molecule has 0 fully saturated rings. The van der Waals surface area contributed by atoms with Crippen molar-refractivity contribution in [3.05, 3.63) is 237 Å². The van der Waals surface area contributed by atoms with E-state index in [1.165, 1.54) is 76.4 Å². The number of hydrogen-bond donors (Lipinski definition) is 0. The minimum absolute atomic E-state index is 0.717. The first-order valence-corrected chi connectivity index (χ1v) is 22.2. The molecule has 0 bridgehead atoms. The Hall–Kier alpha value is -8.66. The van der Waals surface area contributed by atoms with Crippen LogP contribution < -0.4 is 0 Å². The van der Waals surface area contributed by atoms with Gasteiger partial charge in [0.1, 0.15) is 0 Å². The Morgan fingerprint density at radius 3 is 1.34 bits per heavy atom. The Labute approximate surface area is 376 Å². The molecule has 0 saturated heterocycles. The zero-order valence-electron chi connectivity index (χ0n) is 35.4. The van der Waals surface area contributed by atoms with Crippen molar-refractivity contribution >= 4 is 65.0 Å². The van der Waals surface area contributed by atoms with Crippen LogP contribution in [0, 0.1) is 0 Å². The summed E-state index contributed by atoms with van der Waals surface area (Å²) in [4.78, 5) is 10.4. The summed E-state index contributed by atoms with van der Waals surface area (Å²) in [7, 11) is 0. The van der Waals surface area contributed by atoms with Gasteiger partial charge in [-0.3, -0.25) is 0 Å². The van der Waals surface area contributed by atoms with Gasteiger partial charge in [-0.2, -0.15) is 0 Å². The fourth-order valence-corrected chi connectivity index (χ4v) is 10.2. The lowest BCUT2D eigenvalue weighted by Crippen LogP contribution is -1.98. The van der Waals surface area contributed by atoms with Crippen LogP contribution in [-0.4, -0.2) is 14.5 Å². The Kier molecular flexibility index (Phi) is 8.53. The van der Waals surface area contributed by atoms with Crippen molar-refractivity contribution in [1.82, 2.24) is 14.5 Å². The molecule has 0 N–H and O–H groups in total. The van der Waals surface area contributed by atoms with Crippen molar-refractivity contribution in [3.8, 4) is 61.7 Å². The summed E-state index contributed by atoms with van der Waals surface area (Å²) >= 11 is 0. The molecule has 302 valence electrons. The largest absolute Gasteiger partial charge is 0.309 e. The first-order valence-electron chi connectivity index (χ1n) is 22.2. The highest BCUT2D eigenvalue weighted by molar-refractivity contribution is 6.32. The second-order valence-corrected chi connectivity index (χ2v) is 16.9. The Balaban J connectivity index is 1.15. The molecule has 0 atom stereocenters. The molecule has 13 aromatic rings. The van der Waals surface area contributed by atoms with Crippen molar-refractivity contribution in [1.29, 1.82) is 0 Å². The van der Waals surface area contributed by atoms with Gasteiger partial charge in [0.15, 0.2) is 5.82 Å². The fraction of sp³-hybridized carbons (Fsp3) is 0. The van der Waals surface area contributed by atoms with E-state index in [0.717, 1.165) is 44.5 Å². The number of fused-ring (bicyclic) bond motifs is 9. The topological polar surface area (TPSA) is 30.7 Å². The number of rotatable bonds is 6. The van der Waals surface area contributed by atoms with E-state index < -0.39 is 0 Å². The van der Waals surface area contributed by atoms with E-state index in [9.17, 15) is 0 Å². The predicted octanol–water partition coefficient (Wildman–Crippen LogP) is 16.5. The van der Waals surface area contributed by atoms with Crippen LogP contribution in [-0.2, 0) is 0 Å². The molecule has 11 aromatic carbocycles. The molecular formula is C62H39N3. The minimum atomic E-state index is 0.717. The highest BCUT2D eigenvalue weighted by Gasteiger charge is 2.23. The molecule has 65 heavy (non-hydrogen) atoms. The maximum Gasteiger partial charge on any atom is 0.160 e. The van der Waals surface area contributed by atoms with Crippen LogP contribution >= 0.6 is 0 Å². The lowest BCUT2D eigenvalue weighted by molar-refractivity contribution is 1.20. The van der Waals surface area contributed by atoms with Crippen LogP contribution in [0.1, 0.15) is 0 Å². The summed E-state index contributed by atoms with van der Waals surface area (Å²) < 4.78 is 2.56. The first-order chi connectivity index (χ1) is 32.2. The summed E-state index contributed by atoms with van der Waals surface area (Å²) in [5, 5.41) is 10.8. The summed E-state index contributed by atoms with van der Waals surface area (Å²) in [5.74, 6) is 0.717. The summed E-state index contributed by atoms with van der Waals surface area (Å²) in [5.41, 5.74) is 14.4. The summed E-state index contributed by atoms with van der Waals surface area (Å²) in [6.45, 7) is 0. The molecular weight excluding hydrogens is 787 g/mol. The standard InChI is InChI=1S/C62H39N3/c1-5-19-40(20-6-1)52-38-57-59(50-31-17-15-29-48(50)52)60-51-32-18-16-30-49(51)53(41-21-7-2-8-22-41)39-58(60)65(57)56-37-46(35-45-27-13-14-28-47(45)56)44-33-34-55-54(36-44)61(42-23-9-3-10-24-42)64-62(63-55)43-25-11-4-12-26-43/h1-39H.